The van der Waals surface area contributed by atoms with E-state index in [-0.39, 0.29) is 0 Å². The first kappa shape index (κ1) is 10.3. The normalized spacial score (nSPS) is 25.4. The molecule has 16 heavy (non-hydrogen) atoms. The van der Waals surface area contributed by atoms with Gasteiger partial charge in [-0.2, -0.15) is 0 Å². The molecule has 3 rings (SSSR count). The average Bonchev–Trinajstić information content (AvgIpc) is 3.15. The Bertz CT molecular complexity index is 355. The van der Waals surface area contributed by atoms with E-state index in [0.717, 1.165) is 19.1 Å². The molecule has 2 aliphatic rings. The summed E-state index contributed by atoms with van der Waals surface area (Å²) in [5.41, 5.74) is 2.61. The van der Waals surface area contributed by atoms with Gasteiger partial charge in [0.25, 0.3) is 0 Å². The monoisotopic (exact) mass is 218 g/mol. The van der Waals surface area contributed by atoms with E-state index in [0.29, 0.717) is 12.2 Å². The van der Waals surface area contributed by atoms with Gasteiger partial charge >= 0.3 is 0 Å². The van der Waals surface area contributed by atoms with Crippen LogP contribution in [0.4, 0.5) is 0 Å². The van der Waals surface area contributed by atoms with Gasteiger partial charge in [0, 0.05) is 0 Å². The van der Waals surface area contributed by atoms with Crippen LogP contribution in [0, 0.1) is 12.8 Å². The number of hydrogen-bond acceptors (Lipinski definition) is 2. The maximum Gasteiger partial charge on any atom is 0.107 e. The van der Waals surface area contributed by atoms with E-state index in [9.17, 15) is 0 Å². The Hall–Kier alpha value is -0.860. The third kappa shape index (κ3) is 2.28. The summed E-state index contributed by atoms with van der Waals surface area (Å²) >= 11 is 0. The highest BCUT2D eigenvalue weighted by Gasteiger charge is 2.43. The molecule has 1 aromatic rings. The van der Waals surface area contributed by atoms with Crippen molar-refractivity contribution >= 4 is 0 Å². The minimum absolute atomic E-state index is 0.347. The lowest BCUT2D eigenvalue weighted by atomic mass is 10.1. The van der Waals surface area contributed by atoms with Crippen molar-refractivity contribution in [2.24, 2.45) is 5.92 Å². The highest BCUT2D eigenvalue weighted by atomic mass is 16.6. The molecule has 2 heteroatoms. The summed E-state index contributed by atoms with van der Waals surface area (Å²) in [5, 5.41) is 0. The first-order valence-electron chi connectivity index (χ1n) is 6.12. The molecule has 1 heterocycles. The van der Waals surface area contributed by atoms with Gasteiger partial charge in [-0.15, -0.1) is 0 Å². The quantitative estimate of drug-likeness (QED) is 0.709. The molecule has 0 N–H and O–H groups in total. The molecule has 1 aromatic carbocycles. The van der Waals surface area contributed by atoms with Crippen LogP contribution < -0.4 is 0 Å². The van der Waals surface area contributed by atoms with Gasteiger partial charge in [-0.1, -0.05) is 24.3 Å². The van der Waals surface area contributed by atoms with Gasteiger partial charge in [0.05, 0.1) is 19.3 Å². The molecule has 0 bridgehead atoms. The number of benzene rings is 1. The summed E-state index contributed by atoms with van der Waals surface area (Å²) in [6.07, 6.45) is 3.37. The van der Waals surface area contributed by atoms with Crippen LogP contribution in [0.5, 0.6) is 0 Å². The van der Waals surface area contributed by atoms with E-state index in [1.165, 1.54) is 24.0 Å². The van der Waals surface area contributed by atoms with Crippen LogP contribution >= 0.6 is 0 Å². The Morgan fingerprint density at radius 3 is 2.75 bits per heavy atom. The molecule has 1 aliphatic carbocycles. The van der Waals surface area contributed by atoms with E-state index in [1.54, 1.807) is 0 Å². The molecule has 2 fully saturated rings. The first-order chi connectivity index (χ1) is 7.84. The third-order valence-corrected chi connectivity index (χ3v) is 3.50. The highest BCUT2D eigenvalue weighted by molar-refractivity contribution is 5.24. The van der Waals surface area contributed by atoms with Gasteiger partial charge in [-0.3, -0.25) is 0 Å². The Morgan fingerprint density at radius 1 is 1.38 bits per heavy atom. The van der Waals surface area contributed by atoms with Gasteiger partial charge in [0.2, 0.25) is 0 Å². The van der Waals surface area contributed by atoms with Gasteiger partial charge in [0.15, 0.2) is 0 Å². The Balaban J connectivity index is 1.60. The largest absolute Gasteiger partial charge is 0.370 e. The van der Waals surface area contributed by atoms with Crippen molar-refractivity contribution in [3.05, 3.63) is 35.4 Å². The summed E-state index contributed by atoms with van der Waals surface area (Å²) in [7, 11) is 0. The van der Waals surface area contributed by atoms with Crippen molar-refractivity contribution in [3.63, 3.8) is 0 Å². The van der Waals surface area contributed by atoms with Gasteiger partial charge < -0.3 is 9.47 Å². The summed E-state index contributed by atoms with van der Waals surface area (Å²) in [6, 6.07) is 8.43. The predicted octanol–water partition coefficient (Wildman–Crippen LogP) is 2.69. The zero-order valence-corrected chi connectivity index (χ0v) is 9.69. The van der Waals surface area contributed by atoms with Crippen molar-refractivity contribution in [1.82, 2.24) is 0 Å². The predicted molar refractivity (Wildman–Crippen MR) is 62.2 cm³/mol. The minimum atomic E-state index is 0.347. The molecular weight excluding hydrogens is 200 g/mol. The van der Waals surface area contributed by atoms with E-state index < -0.39 is 0 Å². The number of aryl methyl sites for hydroxylation is 1. The fourth-order valence-electron chi connectivity index (χ4n) is 2.17. The lowest BCUT2D eigenvalue weighted by Gasteiger charge is -2.15. The molecule has 1 saturated heterocycles. The Morgan fingerprint density at radius 2 is 2.12 bits per heavy atom. The molecule has 1 saturated carbocycles. The van der Waals surface area contributed by atoms with Gasteiger partial charge in [0.1, 0.15) is 6.10 Å². The van der Waals surface area contributed by atoms with Crippen LogP contribution in [0.1, 0.15) is 24.0 Å². The fourth-order valence-corrected chi connectivity index (χ4v) is 2.17. The fraction of sp³-hybridized carbons (Fsp3) is 0.571. The standard InChI is InChI=1S/C14H18O2/c1-10-4-2-3-5-12(10)8-16-14(11-6-7-11)13-9-15-13/h2-5,11,13-14H,6-9H2,1H3/t13-,14-/m1/s1. The molecule has 0 unspecified atom stereocenters. The SMILES string of the molecule is Cc1ccccc1CO[C@H](C1CC1)[C@H]1CO1. The van der Waals surface area contributed by atoms with Crippen LogP contribution in [0.25, 0.3) is 0 Å². The molecule has 86 valence electrons. The third-order valence-electron chi connectivity index (χ3n) is 3.50. The summed E-state index contributed by atoms with van der Waals surface area (Å²) < 4.78 is 11.4. The van der Waals surface area contributed by atoms with Crippen molar-refractivity contribution in [1.29, 1.82) is 0 Å². The smallest absolute Gasteiger partial charge is 0.107 e. The average molecular weight is 218 g/mol. The molecule has 0 amide bonds. The van der Waals surface area contributed by atoms with E-state index in [1.807, 2.05) is 0 Å². The second-order valence-electron chi connectivity index (χ2n) is 4.91. The maximum atomic E-state index is 6.03. The van der Waals surface area contributed by atoms with Crippen molar-refractivity contribution in [2.75, 3.05) is 6.61 Å². The van der Waals surface area contributed by atoms with Crippen LogP contribution in [0.3, 0.4) is 0 Å². The van der Waals surface area contributed by atoms with E-state index in [4.69, 9.17) is 9.47 Å². The van der Waals surface area contributed by atoms with Gasteiger partial charge in [-0.05, 0) is 36.8 Å². The second-order valence-corrected chi connectivity index (χ2v) is 4.91. The summed E-state index contributed by atoms with van der Waals surface area (Å²) in [6.45, 7) is 3.76. The van der Waals surface area contributed by atoms with Crippen LogP contribution in [0.2, 0.25) is 0 Å². The number of ether oxygens (including phenoxy) is 2. The molecule has 2 nitrogen and oxygen atoms in total. The topological polar surface area (TPSA) is 21.8 Å². The maximum absolute atomic E-state index is 6.03. The molecule has 2 atom stereocenters. The number of rotatable bonds is 5. The number of hydrogen-bond donors (Lipinski definition) is 0. The van der Waals surface area contributed by atoms with Crippen LogP contribution in [-0.4, -0.2) is 18.8 Å². The lowest BCUT2D eigenvalue weighted by molar-refractivity contribution is 0.00732. The highest BCUT2D eigenvalue weighted by Crippen LogP contribution is 2.39. The summed E-state index contributed by atoms with van der Waals surface area (Å²) in [4.78, 5) is 0. The second kappa shape index (κ2) is 4.19. The van der Waals surface area contributed by atoms with Crippen LogP contribution in [0.15, 0.2) is 24.3 Å². The Labute approximate surface area is 96.6 Å². The zero-order valence-electron chi connectivity index (χ0n) is 9.69. The Kier molecular flexibility index (Phi) is 2.70. The minimum Gasteiger partial charge on any atom is -0.370 e. The molecule has 0 radical (unpaired) electrons. The first-order valence-corrected chi connectivity index (χ1v) is 6.12. The van der Waals surface area contributed by atoms with Crippen molar-refractivity contribution in [2.45, 2.75) is 38.6 Å². The molecule has 0 aromatic heterocycles. The van der Waals surface area contributed by atoms with Gasteiger partial charge in [-0.25, -0.2) is 0 Å². The van der Waals surface area contributed by atoms with Crippen molar-refractivity contribution in [3.8, 4) is 0 Å². The molecular formula is C14H18O2. The van der Waals surface area contributed by atoms with Crippen LogP contribution in [-0.2, 0) is 16.1 Å². The molecule has 1 aliphatic heterocycles. The lowest BCUT2D eigenvalue weighted by Crippen LogP contribution is -2.22. The summed E-state index contributed by atoms with van der Waals surface area (Å²) in [5.74, 6) is 0.761. The van der Waals surface area contributed by atoms with E-state index >= 15 is 0 Å². The van der Waals surface area contributed by atoms with Crippen molar-refractivity contribution < 1.29 is 9.47 Å². The number of epoxide rings is 1. The van der Waals surface area contributed by atoms with E-state index in [2.05, 4.69) is 31.2 Å². The molecule has 0 spiro atoms. The zero-order chi connectivity index (χ0) is 11.0.